The number of fused-ring (bicyclic) bond motifs is 1. The van der Waals surface area contributed by atoms with Gasteiger partial charge in [0.15, 0.2) is 0 Å². The average molecular weight is 291 g/mol. The monoisotopic (exact) mass is 291 g/mol. The number of hydrogen-bond donors (Lipinski definition) is 0. The third kappa shape index (κ3) is 3.28. The molecule has 0 amide bonds. The number of nitrogens with zero attached hydrogens (tertiary/aromatic N) is 1. The third-order valence-corrected chi connectivity index (χ3v) is 2.53. The Morgan fingerprint density at radius 3 is 2.30 bits per heavy atom. The average Bonchev–Trinajstić information content (AvgIpc) is 2.33. The van der Waals surface area contributed by atoms with E-state index in [-0.39, 0.29) is 0 Å². The molecule has 1 heterocycles. The maximum absolute atomic E-state index is 12.8. The van der Waals surface area contributed by atoms with Gasteiger partial charge < -0.3 is 0 Å². The van der Waals surface area contributed by atoms with E-state index in [1.807, 2.05) is 0 Å². The molecule has 0 spiro atoms. The highest BCUT2D eigenvalue weighted by Gasteiger charge is 2.39. The number of aromatic nitrogens is 1. The fourth-order valence-electron chi connectivity index (χ4n) is 1.74. The first-order valence-corrected chi connectivity index (χ1v) is 5.39. The quantitative estimate of drug-likeness (QED) is 0.691. The van der Waals surface area contributed by atoms with Gasteiger partial charge in [-0.25, -0.2) is 0 Å². The van der Waals surface area contributed by atoms with Crippen molar-refractivity contribution in [3.05, 3.63) is 48.2 Å². The standard InChI is InChI=1S/C13H7F6N/c14-12(15,16)7-10(13(17,18)19)8-3-4-11-9(6-8)2-1-5-20-11/h1-7H/b10-7+. The molecule has 1 aromatic heterocycles. The van der Waals surface area contributed by atoms with Crippen LogP contribution in [0.15, 0.2) is 42.6 Å². The van der Waals surface area contributed by atoms with Crippen molar-refractivity contribution in [1.82, 2.24) is 4.98 Å². The molecular formula is C13H7F6N. The van der Waals surface area contributed by atoms with Crippen molar-refractivity contribution in [1.29, 1.82) is 0 Å². The molecule has 106 valence electrons. The fourth-order valence-corrected chi connectivity index (χ4v) is 1.74. The zero-order valence-corrected chi connectivity index (χ0v) is 9.76. The zero-order valence-electron chi connectivity index (χ0n) is 9.76. The smallest absolute Gasteiger partial charge is 0.256 e. The molecule has 0 fully saturated rings. The lowest BCUT2D eigenvalue weighted by Crippen LogP contribution is -2.15. The first kappa shape index (κ1) is 14.4. The Balaban J connectivity index is 2.60. The summed E-state index contributed by atoms with van der Waals surface area (Å²) in [5.74, 6) is 0. The number of rotatable bonds is 1. The van der Waals surface area contributed by atoms with Crippen LogP contribution < -0.4 is 0 Å². The van der Waals surface area contributed by atoms with Crippen LogP contribution in [0.2, 0.25) is 0 Å². The zero-order chi connectivity index (χ0) is 15.0. The van der Waals surface area contributed by atoms with E-state index in [0.29, 0.717) is 10.9 Å². The van der Waals surface area contributed by atoms with Crippen molar-refractivity contribution in [2.75, 3.05) is 0 Å². The van der Waals surface area contributed by atoms with Gasteiger partial charge in [-0.2, -0.15) is 26.3 Å². The molecule has 20 heavy (non-hydrogen) atoms. The van der Waals surface area contributed by atoms with E-state index in [0.717, 1.165) is 12.1 Å². The summed E-state index contributed by atoms with van der Waals surface area (Å²) in [4.78, 5) is 3.90. The second-order valence-corrected chi connectivity index (χ2v) is 4.01. The Bertz CT molecular complexity index is 654. The highest BCUT2D eigenvalue weighted by molar-refractivity contribution is 5.84. The van der Waals surface area contributed by atoms with Crippen molar-refractivity contribution < 1.29 is 26.3 Å². The molecule has 0 saturated carbocycles. The van der Waals surface area contributed by atoms with Gasteiger partial charge in [0.2, 0.25) is 0 Å². The lowest BCUT2D eigenvalue weighted by molar-refractivity contribution is -0.0911. The van der Waals surface area contributed by atoms with Gasteiger partial charge in [0, 0.05) is 17.7 Å². The van der Waals surface area contributed by atoms with Crippen LogP contribution in [0.4, 0.5) is 26.3 Å². The van der Waals surface area contributed by atoms with Crippen LogP contribution in [-0.4, -0.2) is 17.3 Å². The van der Waals surface area contributed by atoms with Crippen molar-refractivity contribution in [2.24, 2.45) is 0 Å². The minimum atomic E-state index is -5.09. The molecule has 2 aromatic rings. The molecular weight excluding hydrogens is 284 g/mol. The number of halogens is 6. The van der Waals surface area contributed by atoms with Gasteiger partial charge in [0.1, 0.15) is 0 Å². The lowest BCUT2D eigenvalue weighted by atomic mass is 10.0. The molecule has 0 atom stereocenters. The summed E-state index contributed by atoms with van der Waals surface area (Å²) in [6.45, 7) is 0. The molecule has 0 radical (unpaired) electrons. The van der Waals surface area contributed by atoms with Crippen molar-refractivity contribution in [2.45, 2.75) is 12.4 Å². The lowest BCUT2D eigenvalue weighted by Gasteiger charge is -2.14. The van der Waals surface area contributed by atoms with E-state index in [1.165, 1.54) is 24.4 Å². The van der Waals surface area contributed by atoms with Crippen LogP contribution in [0.25, 0.3) is 16.5 Å². The van der Waals surface area contributed by atoms with Gasteiger partial charge in [0.25, 0.3) is 0 Å². The van der Waals surface area contributed by atoms with Crippen LogP contribution in [0.5, 0.6) is 0 Å². The third-order valence-electron chi connectivity index (χ3n) is 2.53. The Morgan fingerprint density at radius 1 is 1.00 bits per heavy atom. The predicted octanol–water partition coefficient (Wildman–Crippen LogP) is 4.74. The van der Waals surface area contributed by atoms with Crippen LogP contribution in [0.1, 0.15) is 5.56 Å². The number of alkyl halides is 6. The second-order valence-electron chi connectivity index (χ2n) is 4.01. The van der Waals surface area contributed by atoms with Crippen LogP contribution in [0.3, 0.4) is 0 Å². The largest absolute Gasteiger partial charge is 0.417 e. The Kier molecular flexibility index (Phi) is 3.45. The molecule has 2 rings (SSSR count). The topological polar surface area (TPSA) is 12.9 Å². The van der Waals surface area contributed by atoms with Gasteiger partial charge in [-0.1, -0.05) is 12.1 Å². The molecule has 0 aliphatic carbocycles. The molecule has 0 aliphatic rings. The van der Waals surface area contributed by atoms with Gasteiger partial charge in [-0.15, -0.1) is 0 Å². The van der Waals surface area contributed by atoms with Gasteiger partial charge in [-0.3, -0.25) is 4.98 Å². The van der Waals surface area contributed by atoms with Crippen molar-refractivity contribution >= 4 is 16.5 Å². The van der Waals surface area contributed by atoms with Gasteiger partial charge >= 0.3 is 12.4 Å². The van der Waals surface area contributed by atoms with E-state index >= 15 is 0 Å². The Labute approximate surface area is 109 Å². The summed E-state index contributed by atoms with van der Waals surface area (Å²) >= 11 is 0. The van der Waals surface area contributed by atoms with E-state index in [4.69, 9.17) is 0 Å². The molecule has 0 saturated heterocycles. The highest BCUT2D eigenvalue weighted by Crippen LogP contribution is 2.37. The summed E-state index contributed by atoms with van der Waals surface area (Å²) in [7, 11) is 0. The van der Waals surface area contributed by atoms with E-state index in [1.54, 1.807) is 0 Å². The molecule has 1 nitrogen and oxygen atoms in total. The highest BCUT2D eigenvalue weighted by atomic mass is 19.4. The summed E-state index contributed by atoms with van der Waals surface area (Å²) < 4.78 is 75.0. The van der Waals surface area contributed by atoms with Crippen molar-refractivity contribution in [3.63, 3.8) is 0 Å². The Morgan fingerprint density at radius 2 is 1.70 bits per heavy atom. The fraction of sp³-hybridized carbons (Fsp3) is 0.154. The number of pyridine rings is 1. The van der Waals surface area contributed by atoms with Gasteiger partial charge in [-0.05, 0) is 23.8 Å². The number of benzene rings is 1. The molecule has 0 aliphatic heterocycles. The van der Waals surface area contributed by atoms with Crippen LogP contribution in [-0.2, 0) is 0 Å². The van der Waals surface area contributed by atoms with E-state index in [2.05, 4.69) is 4.98 Å². The summed E-state index contributed by atoms with van der Waals surface area (Å²) in [5.41, 5.74) is -1.86. The Hall–Kier alpha value is -2.05. The molecule has 0 bridgehead atoms. The van der Waals surface area contributed by atoms with E-state index < -0.39 is 29.6 Å². The number of allylic oxidation sites excluding steroid dienone is 2. The summed E-state index contributed by atoms with van der Waals surface area (Å²) in [5, 5.41) is 0.335. The van der Waals surface area contributed by atoms with Gasteiger partial charge in [0.05, 0.1) is 11.1 Å². The predicted molar refractivity (Wildman–Crippen MR) is 61.8 cm³/mol. The summed E-state index contributed by atoms with van der Waals surface area (Å²) in [6.07, 6.45) is -9.43. The minimum Gasteiger partial charge on any atom is -0.256 e. The maximum Gasteiger partial charge on any atom is 0.417 e. The molecule has 0 unspecified atom stereocenters. The first-order valence-electron chi connectivity index (χ1n) is 5.39. The molecule has 0 N–H and O–H groups in total. The van der Waals surface area contributed by atoms with Crippen LogP contribution in [0, 0.1) is 0 Å². The summed E-state index contributed by atoms with van der Waals surface area (Å²) in [6, 6.07) is 6.23. The normalized spacial score (nSPS) is 13.8. The van der Waals surface area contributed by atoms with Crippen molar-refractivity contribution in [3.8, 4) is 0 Å². The first-order chi connectivity index (χ1) is 9.17. The van der Waals surface area contributed by atoms with Crippen LogP contribution >= 0.6 is 0 Å². The SMILES string of the molecule is FC(F)(F)/C=C(\c1ccc2ncccc2c1)C(F)(F)F. The minimum absolute atomic E-state index is 0.335. The second kappa shape index (κ2) is 4.81. The molecule has 1 aromatic carbocycles. The van der Waals surface area contributed by atoms with E-state index in [9.17, 15) is 26.3 Å². The number of hydrogen-bond acceptors (Lipinski definition) is 1. The molecule has 7 heteroatoms. The maximum atomic E-state index is 12.8.